The summed E-state index contributed by atoms with van der Waals surface area (Å²) in [5.41, 5.74) is -0.677. The van der Waals surface area contributed by atoms with Gasteiger partial charge in [-0.1, -0.05) is 6.58 Å². The lowest BCUT2D eigenvalue weighted by atomic mass is 9.80. The van der Waals surface area contributed by atoms with Gasteiger partial charge in [-0.3, -0.25) is 4.79 Å². The lowest BCUT2D eigenvalue weighted by Gasteiger charge is -2.34. The minimum absolute atomic E-state index is 0.00973. The minimum Gasteiger partial charge on any atom is -0.457 e. The van der Waals surface area contributed by atoms with Gasteiger partial charge < -0.3 is 9.47 Å². The highest BCUT2D eigenvalue weighted by molar-refractivity contribution is 8.01. The van der Waals surface area contributed by atoms with Gasteiger partial charge in [0.25, 0.3) is 0 Å². The zero-order valence-electron chi connectivity index (χ0n) is 8.84. The Balaban J connectivity index is 1.90. The molecule has 2 bridgehead atoms. The molecule has 3 fully saturated rings. The summed E-state index contributed by atoms with van der Waals surface area (Å²) in [7, 11) is 0. The average molecular weight is 240 g/mol. The summed E-state index contributed by atoms with van der Waals surface area (Å²) in [6, 6.07) is 0. The highest BCUT2D eigenvalue weighted by Gasteiger charge is 2.70. The van der Waals surface area contributed by atoms with Crippen LogP contribution in [0, 0.1) is 5.92 Å². The molecule has 4 nitrogen and oxygen atoms in total. The summed E-state index contributed by atoms with van der Waals surface area (Å²) in [6.07, 6.45) is 1.62. The fourth-order valence-electron chi connectivity index (χ4n) is 2.87. The zero-order valence-corrected chi connectivity index (χ0v) is 9.66. The van der Waals surface area contributed by atoms with Gasteiger partial charge in [-0.2, -0.15) is 0 Å². The third kappa shape index (κ3) is 1.07. The van der Waals surface area contributed by atoms with Gasteiger partial charge in [-0.05, 0) is 13.3 Å². The smallest absolute Gasteiger partial charge is 0.330 e. The lowest BCUT2D eigenvalue weighted by molar-refractivity contribution is -0.169. The monoisotopic (exact) mass is 240 g/mol. The molecule has 0 aromatic heterocycles. The SMILES string of the molecule is C=CC(=O)OC1(C)C2CC3C(=O)OC1C3S2. The van der Waals surface area contributed by atoms with Gasteiger partial charge >= 0.3 is 11.9 Å². The Morgan fingerprint density at radius 3 is 3.19 bits per heavy atom. The molecule has 3 heterocycles. The molecule has 0 radical (unpaired) electrons. The standard InChI is InChI=1S/C11H12O4S/c1-3-7(12)15-11(2)6-4-5-8(16-6)9(11)14-10(5)13/h3,5-6,8-9H,1,4H2,2H3. The fourth-order valence-corrected chi connectivity index (χ4v) is 4.91. The van der Waals surface area contributed by atoms with E-state index in [9.17, 15) is 9.59 Å². The largest absolute Gasteiger partial charge is 0.457 e. The Morgan fingerprint density at radius 1 is 1.75 bits per heavy atom. The van der Waals surface area contributed by atoms with Gasteiger partial charge in [-0.25, -0.2) is 4.79 Å². The molecule has 0 amide bonds. The normalized spacial score (nSPS) is 47.9. The van der Waals surface area contributed by atoms with Crippen molar-refractivity contribution in [3.8, 4) is 0 Å². The number of fused-ring (bicyclic) bond motifs is 1. The molecule has 16 heavy (non-hydrogen) atoms. The lowest BCUT2D eigenvalue weighted by Crippen LogP contribution is -2.51. The van der Waals surface area contributed by atoms with Crippen molar-refractivity contribution < 1.29 is 19.1 Å². The van der Waals surface area contributed by atoms with Crippen LogP contribution in [-0.2, 0) is 19.1 Å². The van der Waals surface area contributed by atoms with E-state index >= 15 is 0 Å². The van der Waals surface area contributed by atoms with Crippen LogP contribution in [0.2, 0.25) is 0 Å². The molecule has 86 valence electrons. The Kier molecular flexibility index (Phi) is 1.93. The average Bonchev–Trinajstić information content (AvgIpc) is 2.83. The summed E-state index contributed by atoms with van der Waals surface area (Å²) in [5, 5.41) is 0.336. The maximum absolute atomic E-state index is 11.5. The number of ether oxygens (including phenoxy) is 2. The van der Waals surface area contributed by atoms with E-state index in [0.29, 0.717) is 0 Å². The Labute approximate surface area is 97.4 Å². The number of esters is 2. The van der Waals surface area contributed by atoms with Gasteiger partial charge in [0.05, 0.1) is 11.2 Å². The van der Waals surface area contributed by atoms with Crippen molar-refractivity contribution >= 4 is 23.7 Å². The Morgan fingerprint density at radius 2 is 2.50 bits per heavy atom. The predicted molar refractivity (Wildman–Crippen MR) is 57.8 cm³/mol. The predicted octanol–water partition coefficient (Wildman–Crippen LogP) is 0.904. The van der Waals surface area contributed by atoms with E-state index in [4.69, 9.17) is 9.47 Å². The van der Waals surface area contributed by atoms with Gasteiger partial charge in [0.2, 0.25) is 0 Å². The van der Waals surface area contributed by atoms with Gasteiger partial charge in [0.15, 0.2) is 11.7 Å². The maximum Gasteiger partial charge on any atom is 0.330 e. The van der Waals surface area contributed by atoms with Crippen molar-refractivity contribution in [2.75, 3.05) is 0 Å². The highest BCUT2D eigenvalue weighted by atomic mass is 32.2. The zero-order chi connectivity index (χ0) is 11.5. The van der Waals surface area contributed by atoms with Crippen molar-refractivity contribution in [1.29, 1.82) is 0 Å². The molecule has 0 aromatic rings. The van der Waals surface area contributed by atoms with Crippen molar-refractivity contribution in [3.05, 3.63) is 12.7 Å². The molecular weight excluding hydrogens is 228 g/mol. The summed E-state index contributed by atoms with van der Waals surface area (Å²) < 4.78 is 10.7. The Hall–Kier alpha value is -0.970. The summed E-state index contributed by atoms with van der Waals surface area (Å²) in [6.45, 7) is 5.24. The first-order valence-corrected chi connectivity index (χ1v) is 6.22. The van der Waals surface area contributed by atoms with E-state index in [1.165, 1.54) is 0 Å². The van der Waals surface area contributed by atoms with Gasteiger partial charge in [0.1, 0.15) is 0 Å². The van der Waals surface area contributed by atoms with Crippen molar-refractivity contribution in [2.24, 2.45) is 5.92 Å². The molecule has 3 aliphatic rings. The molecule has 0 aliphatic carbocycles. The van der Waals surface area contributed by atoms with E-state index in [2.05, 4.69) is 6.58 Å². The van der Waals surface area contributed by atoms with Crippen LogP contribution in [0.15, 0.2) is 12.7 Å². The number of thioether (sulfide) groups is 1. The van der Waals surface area contributed by atoms with Crippen LogP contribution in [0.25, 0.3) is 0 Å². The topological polar surface area (TPSA) is 52.6 Å². The van der Waals surface area contributed by atoms with Crippen LogP contribution in [-0.4, -0.2) is 34.1 Å². The minimum atomic E-state index is -0.677. The first-order valence-electron chi connectivity index (χ1n) is 5.27. The quantitative estimate of drug-likeness (QED) is 0.530. The van der Waals surface area contributed by atoms with E-state index in [1.807, 2.05) is 6.92 Å². The molecule has 5 heteroatoms. The third-order valence-corrected chi connectivity index (χ3v) is 5.60. The summed E-state index contributed by atoms with van der Waals surface area (Å²) >= 11 is 1.72. The molecule has 0 N–H and O–H groups in total. The van der Waals surface area contributed by atoms with Crippen LogP contribution in [0.3, 0.4) is 0 Å². The second-order valence-electron chi connectivity index (χ2n) is 4.60. The van der Waals surface area contributed by atoms with Crippen LogP contribution in [0.1, 0.15) is 13.3 Å². The number of rotatable bonds is 2. The number of hydrogen-bond acceptors (Lipinski definition) is 5. The van der Waals surface area contributed by atoms with Crippen molar-refractivity contribution in [2.45, 2.75) is 35.5 Å². The van der Waals surface area contributed by atoms with E-state index in [-0.39, 0.29) is 28.5 Å². The maximum atomic E-state index is 11.5. The van der Waals surface area contributed by atoms with Crippen LogP contribution in [0.4, 0.5) is 0 Å². The van der Waals surface area contributed by atoms with Gasteiger partial charge in [0, 0.05) is 11.3 Å². The van der Waals surface area contributed by atoms with E-state index in [0.717, 1.165) is 12.5 Å². The van der Waals surface area contributed by atoms with E-state index in [1.54, 1.807) is 11.8 Å². The van der Waals surface area contributed by atoms with Crippen LogP contribution in [0.5, 0.6) is 0 Å². The molecule has 0 spiro atoms. The first kappa shape index (κ1) is 10.2. The molecule has 3 aliphatic heterocycles. The van der Waals surface area contributed by atoms with Crippen LogP contribution < -0.4 is 0 Å². The number of carbonyl (C=O) groups excluding carboxylic acids is 2. The van der Waals surface area contributed by atoms with Crippen molar-refractivity contribution in [3.63, 3.8) is 0 Å². The van der Waals surface area contributed by atoms with E-state index < -0.39 is 11.6 Å². The molecular formula is C11H12O4S. The third-order valence-electron chi connectivity index (χ3n) is 3.72. The molecule has 5 unspecified atom stereocenters. The van der Waals surface area contributed by atoms with Crippen molar-refractivity contribution in [1.82, 2.24) is 0 Å². The Bertz CT molecular complexity index is 393. The first-order chi connectivity index (χ1) is 7.56. The fraction of sp³-hybridized carbons (Fsp3) is 0.636. The molecule has 3 rings (SSSR count). The summed E-state index contributed by atoms with van der Waals surface area (Å²) in [4.78, 5) is 22.9. The molecule has 5 atom stereocenters. The van der Waals surface area contributed by atoms with Gasteiger partial charge in [-0.15, -0.1) is 11.8 Å². The second-order valence-corrected chi connectivity index (χ2v) is 5.98. The van der Waals surface area contributed by atoms with Crippen LogP contribution >= 0.6 is 11.8 Å². The number of carbonyl (C=O) groups is 2. The molecule has 3 saturated heterocycles. The molecule has 0 aromatic carbocycles. The molecule has 0 saturated carbocycles. The summed E-state index contributed by atoms with van der Waals surface area (Å²) in [5.74, 6) is -0.575. The second kappa shape index (κ2) is 3.03. The highest BCUT2D eigenvalue weighted by Crippen LogP contribution is 2.60. The number of hydrogen-bond donors (Lipinski definition) is 0.